The Morgan fingerprint density at radius 3 is 2.68 bits per heavy atom. The Morgan fingerprint density at radius 2 is 2.04 bits per heavy atom. The summed E-state index contributed by atoms with van der Waals surface area (Å²) in [5.74, 6) is 0.00287. The smallest absolute Gasteiger partial charge is 0.305 e. The fourth-order valence-electron chi connectivity index (χ4n) is 2.37. The Bertz CT molecular complexity index is 813. The third kappa shape index (κ3) is 4.58. The minimum absolute atomic E-state index is 0.0861. The van der Waals surface area contributed by atoms with Crippen LogP contribution in [0.1, 0.15) is 11.3 Å². The Hall–Kier alpha value is -2.38. The van der Waals surface area contributed by atoms with E-state index in [1.807, 2.05) is 46.0 Å². The fraction of sp³-hybridized carbons (Fsp3) is 0.222. The van der Waals surface area contributed by atoms with Gasteiger partial charge in [0.15, 0.2) is 5.13 Å². The summed E-state index contributed by atoms with van der Waals surface area (Å²) in [6.45, 7) is 1.10. The van der Waals surface area contributed by atoms with Crippen molar-refractivity contribution in [1.82, 2.24) is 4.98 Å². The zero-order chi connectivity index (χ0) is 17.6. The first-order valence-corrected chi connectivity index (χ1v) is 9.50. The lowest BCUT2D eigenvalue weighted by Crippen LogP contribution is -2.25. The van der Waals surface area contributed by atoms with Crippen molar-refractivity contribution in [3.05, 3.63) is 52.0 Å². The molecular formula is C18H18N2O3S2. The summed E-state index contributed by atoms with van der Waals surface area (Å²) in [4.78, 5) is 18.9. The van der Waals surface area contributed by atoms with Gasteiger partial charge in [-0.1, -0.05) is 6.07 Å². The minimum Gasteiger partial charge on any atom is -0.497 e. The van der Waals surface area contributed by atoms with Gasteiger partial charge in [-0.25, -0.2) is 4.98 Å². The third-order valence-corrected chi connectivity index (χ3v) is 5.43. The molecule has 3 rings (SSSR count). The first-order chi connectivity index (χ1) is 12.2. The van der Waals surface area contributed by atoms with E-state index >= 15 is 0 Å². The van der Waals surface area contributed by atoms with Gasteiger partial charge >= 0.3 is 5.97 Å². The van der Waals surface area contributed by atoms with E-state index in [4.69, 9.17) is 14.8 Å². The Balaban J connectivity index is 1.80. The van der Waals surface area contributed by atoms with E-state index in [9.17, 15) is 4.79 Å². The van der Waals surface area contributed by atoms with E-state index in [1.54, 1.807) is 18.4 Å². The van der Waals surface area contributed by atoms with Crippen LogP contribution in [0.5, 0.6) is 5.75 Å². The number of nitrogens with zero attached hydrogens (tertiary/aromatic N) is 2. The molecule has 0 spiro atoms. The number of rotatable bonds is 8. The van der Waals surface area contributed by atoms with E-state index in [1.165, 1.54) is 16.2 Å². The van der Waals surface area contributed by atoms with Crippen LogP contribution in [-0.4, -0.2) is 29.7 Å². The van der Waals surface area contributed by atoms with Gasteiger partial charge in [-0.05, 0) is 35.7 Å². The van der Waals surface area contributed by atoms with Gasteiger partial charge in [0, 0.05) is 22.4 Å². The Kier molecular flexibility index (Phi) is 5.67. The number of carbonyl (C=O) groups is 1. The number of hydrogen-bond donors (Lipinski definition) is 1. The molecule has 0 amide bonds. The molecule has 0 saturated heterocycles. The molecular weight excluding hydrogens is 356 g/mol. The Morgan fingerprint density at radius 1 is 1.24 bits per heavy atom. The molecule has 0 aliphatic heterocycles. The number of ether oxygens (including phenoxy) is 1. The molecule has 0 aliphatic rings. The number of anilines is 1. The molecule has 0 saturated carbocycles. The van der Waals surface area contributed by atoms with E-state index in [2.05, 4.69) is 6.07 Å². The lowest BCUT2D eigenvalue weighted by atomic mass is 10.2. The van der Waals surface area contributed by atoms with Gasteiger partial charge in [-0.15, -0.1) is 22.7 Å². The zero-order valence-corrected chi connectivity index (χ0v) is 15.3. The summed E-state index contributed by atoms with van der Waals surface area (Å²) in [6, 6.07) is 11.8. The number of thiazole rings is 1. The summed E-state index contributed by atoms with van der Waals surface area (Å²) in [7, 11) is 1.64. The van der Waals surface area contributed by atoms with Gasteiger partial charge < -0.3 is 14.7 Å². The van der Waals surface area contributed by atoms with Crippen LogP contribution in [0.15, 0.2) is 47.2 Å². The predicted octanol–water partition coefficient (Wildman–Crippen LogP) is 4.36. The van der Waals surface area contributed by atoms with E-state index < -0.39 is 5.97 Å². The molecule has 0 fully saturated rings. The number of aliphatic carboxylic acids is 1. The van der Waals surface area contributed by atoms with Crippen LogP contribution in [0, 0.1) is 0 Å². The van der Waals surface area contributed by atoms with E-state index in [0.717, 1.165) is 22.1 Å². The fourth-order valence-corrected chi connectivity index (χ4v) is 3.95. The monoisotopic (exact) mass is 374 g/mol. The summed E-state index contributed by atoms with van der Waals surface area (Å²) in [6.07, 6.45) is 0.0861. The van der Waals surface area contributed by atoms with Crippen LogP contribution in [-0.2, 0) is 11.3 Å². The lowest BCUT2D eigenvalue weighted by molar-refractivity contribution is -0.136. The number of carboxylic acid groups (broad SMARTS) is 1. The molecule has 5 nitrogen and oxygen atoms in total. The quantitative estimate of drug-likeness (QED) is 0.635. The molecule has 0 unspecified atom stereocenters. The van der Waals surface area contributed by atoms with Gasteiger partial charge in [0.25, 0.3) is 0 Å². The first-order valence-electron chi connectivity index (χ1n) is 7.75. The van der Waals surface area contributed by atoms with Crippen molar-refractivity contribution in [2.75, 3.05) is 18.6 Å². The standard InChI is InChI=1S/C18H18N2O3S2/c1-23-14-6-4-13(5-7-14)16-12-25-18(19-16)20(9-8-17(21)22)11-15-3-2-10-24-15/h2-7,10,12H,8-9,11H2,1H3,(H,21,22). The zero-order valence-electron chi connectivity index (χ0n) is 13.7. The van der Waals surface area contributed by atoms with Crippen LogP contribution in [0.2, 0.25) is 0 Å². The molecule has 1 N–H and O–H groups in total. The van der Waals surface area contributed by atoms with Gasteiger partial charge in [0.2, 0.25) is 0 Å². The van der Waals surface area contributed by atoms with Crippen molar-refractivity contribution < 1.29 is 14.6 Å². The topological polar surface area (TPSA) is 62.7 Å². The summed E-state index contributed by atoms with van der Waals surface area (Å²) < 4.78 is 5.18. The minimum atomic E-state index is -0.803. The summed E-state index contributed by atoms with van der Waals surface area (Å²) >= 11 is 3.19. The molecule has 0 bridgehead atoms. The maximum Gasteiger partial charge on any atom is 0.305 e. The second-order valence-electron chi connectivity index (χ2n) is 5.39. The second kappa shape index (κ2) is 8.13. The molecule has 1 aromatic carbocycles. The molecule has 2 aromatic heterocycles. The molecule has 0 aliphatic carbocycles. The number of methoxy groups -OCH3 is 1. The largest absolute Gasteiger partial charge is 0.497 e. The van der Waals surface area contributed by atoms with Crippen LogP contribution in [0.25, 0.3) is 11.3 Å². The highest BCUT2D eigenvalue weighted by atomic mass is 32.1. The highest BCUT2D eigenvalue weighted by molar-refractivity contribution is 7.14. The maximum atomic E-state index is 11.0. The SMILES string of the molecule is COc1ccc(-c2csc(N(CCC(=O)O)Cc3cccs3)n2)cc1. The van der Waals surface area contributed by atoms with E-state index in [0.29, 0.717) is 13.1 Å². The predicted molar refractivity (Wildman–Crippen MR) is 102 cm³/mol. The normalized spacial score (nSPS) is 10.6. The van der Waals surface area contributed by atoms with Gasteiger partial charge in [-0.2, -0.15) is 0 Å². The molecule has 2 heterocycles. The summed E-state index contributed by atoms with van der Waals surface area (Å²) in [5.41, 5.74) is 1.90. The highest BCUT2D eigenvalue weighted by Gasteiger charge is 2.15. The van der Waals surface area contributed by atoms with Crippen molar-refractivity contribution in [2.24, 2.45) is 0 Å². The van der Waals surface area contributed by atoms with Crippen molar-refractivity contribution in [3.63, 3.8) is 0 Å². The molecule has 130 valence electrons. The highest BCUT2D eigenvalue weighted by Crippen LogP contribution is 2.30. The van der Waals surface area contributed by atoms with Crippen LogP contribution in [0.4, 0.5) is 5.13 Å². The van der Waals surface area contributed by atoms with Crippen molar-refractivity contribution >= 4 is 33.8 Å². The van der Waals surface area contributed by atoms with Gasteiger partial charge in [-0.3, -0.25) is 4.79 Å². The third-order valence-electron chi connectivity index (χ3n) is 3.67. The summed E-state index contributed by atoms with van der Waals surface area (Å²) in [5, 5.41) is 13.9. The van der Waals surface area contributed by atoms with Crippen molar-refractivity contribution in [1.29, 1.82) is 0 Å². The average Bonchev–Trinajstić information content (AvgIpc) is 3.30. The number of hydrogen-bond acceptors (Lipinski definition) is 6. The van der Waals surface area contributed by atoms with Gasteiger partial charge in [0.1, 0.15) is 5.75 Å². The molecule has 7 heteroatoms. The van der Waals surface area contributed by atoms with Crippen LogP contribution < -0.4 is 9.64 Å². The number of aromatic nitrogens is 1. The van der Waals surface area contributed by atoms with Crippen molar-refractivity contribution in [2.45, 2.75) is 13.0 Å². The van der Waals surface area contributed by atoms with Gasteiger partial charge in [0.05, 0.1) is 25.8 Å². The van der Waals surface area contributed by atoms with E-state index in [-0.39, 0.29) is 6.42 Å². The second-order valence-corrected chi connectivity index (χ2v) is 7.26. The number of benzene rings is 1. The lowest BCUT2D eigenvalue weighted by Gasteiger charge is -2.20. The maximum absolute atomic E-state index is 11.0. The molecule has 3 aromatic rings. The average molecular weight is 374 g/mol. The first kappa shape index (κ1) is 17.4. The van der Waals surface area contributed by atoms with Crippen molar-refractivity contribution in [3.8, 4) is 17.0 Å². The molecule has 0 atom stereocenters. The number of carboxylic acids is 1. The Labute approximate surface area is 154 Å². The molecule has 25 heavy (non-hydrogen) atoms. The van der Waals surface area contributed by atoms with Crippen LogP contribution >= 0.6 is 22.7 Å². The number of thiophene rings is 1. The molecule has 0 radical (unpaired) electrons. The van der Waals surface area contributed by atoms with Crippen LogP contribution in [0.3, 0.4) is 0 Å².